The second-order valence-electron chi connectivity index (χ2n) is 5.06. The number of hydrogen-bond donors (Lipinski definition) is 1. The van der Waals surface area contributed by atoms with Gasteiger partial charge in [-0.05, 0) is 36.6 Å². The Bertz CT molecular complexity index is 772. The number of aromatic nitrogens is 2. The third-order valence-electron chi connectivity index (χ3n) is 3.70. The van der Waals surface area contributed by atoms with Crippen molar-refractivity contribution in [3.05, 3.63) is 58.4 Å². The van der Waals surface area contributed by atoms with E-state index in [1.165, 1.54) is 6.07 Å². The first kappa shape index (κ1) is 13.3. The van der Waals surface area contributed by atoms with Gasteiger partial charge in [-0.1, -0.05) is 12.1 Å². The van der Waals surface area contributed by atoms with E-state index >= 15 is 0 Å². The zero-order valence-corrected chi connectivity index (χ0v) is 11.5. The molecule has 0 amide bonds. The largest absolute Gasteiger partial charge is 0.478 e. The van der Waals surface area contributed by atoms with Crippen molar-refractivity contribution in [1.29, 1.82) is 0 Å². The Balaban J connectivity index is 1.96. The Kier molecular flexibility index (Phi) is 3.17. The van der Waals surface area contributed by atoms with Crippen molar-refractivity contribution in [3.8, 4) is 0 Å². The van der Waals surface area contributed by atoms with Gasteiger partial charge in [0.1, 0.15) is 0 Å². The highest BCUT2D eigenvalue weighted by Gasteiger charge is 2.24. The molecule has 3 rings (SSSR count). The average molecular weight is 282 g/mol. The predicted octanol–water partition coefficient (Wildman–Crippen LogP) is 2.33. The molecule has 0 radical (unpaired) electrons. The first-order chi connectivity index (χ1) is 10.1. The Labute approximate surface area is 121 Å². The molecule has 0 atom stereocenters. The Hall–Kier alpha value is -2.69. The minimum atomic E-state index is -0.972. The predicted molar refractivity (Wildman–Crippen MR) is 77.2 cm³/mol. The number of carbonyl (C=O) groups is 2. The van der Waals surface area contributed by atoms with Crippen LogP contribution in [0.5, 0.6) is 0 Å². The minimum absolute atomic E-state index is 0.0231. The molecule has 0 saturated carbocycles. The molecule has 106 valence electrons. The molecule has 0 aliphatic heterocycles. The normalized spacial score (nSPS) is 16.0. The van der Waals surface area contributed by atoms with E-state index in [1.807, 2.05) is 7.05 Å². The summed E-state index contributed by atoms with van der Waals surface area (Å²) < 4.78 is 1.73. The fourth-order valence-corrected chi connectivity index (χ4v) is 2.59. The molecule has 1 aliphatic carbocycles. The summed E-state index contributed by atoms with van der Waals surface area (Å²) in [5, 5.41) is 13.1. The van der Waals surface area contributed by atoms with Crippen LogP contribution in [-0.2, 0) is 13.5 Å². The van der Waals surface area contributed by atoms with Gasteiger partial charge >= 0.3 is 5.97 Å². The Morgan fingerprint density at radius 2 is 2.19 bits per heavy atom. The van der Waals surface area contributed by atoms with Crippen LogP contribution in [0.2, 0.25) is 0 Å². The number of Topliss-reactive ketones (excluding diaryl/α,β-unsaturated/α-hetero) is 1. The molecule has 0 spiro atoms. The van der Waals surface area contributed by atoms with Crippen molar-refractivity contribution in [2.24, 2.45) is 7.05 Å². The molecule has 1 aromatic heterocycles. The van der Waals surface area contributed by atoms with Gasteiger partial charge in [-0.15, -0.1) is 0 Å². The third kappa shape index (κ3) is 2.38. The Morgan fingerprint density at radius 3 is 2.95 bits per heavy atom. The van der Waals surface area contributed by atoms with Crippen LogP contribution in [0, 0.1) is 0 Å². The summed E-state index contributed by atoms with van der Waals surface area (Å²) in [6.07, 6.45) is 4.77. The van der Waals surface area contributed by atoms with Gasteiger partial charge in [0.2, 0.25) is 0 Å². The second kappa shape index (κ2) is 5.01. The van der Waals surface area contributed by atoms with Gasteiger partial charge in [0.25, 0.3) is 0 Å². The van der Waals surface area contributed by atoms with Crippen molar-refractivity contribution in [2.45, 2.75) is 12.8 Å². The highest BCUT2D eigenvalue weighted by atomic mass is 16.4. The molecule has 0 fully saturated rings. The fraction of sp³-hybridized carbons (Fsp3) is 0.188. The number of aryl methyl sites for hydroxylation is 1. The van der Waals surface area contributed by atoms with Crippen LogP contribution in [0.25, 0.3) is 6.08 Å². The number of fused-ring (bicyclic) bond motifs is 1. The van der Waals surface area contributed by atoms with Gasteiger partial charge in [0.15, 0.2) is 5.78 Å². The molecule has 21 heavy (non-hydrogen) atoms. The van der Waals surface area contributed by atoms with Crippen LogP contribution in [0.1, 0.15) is 38.4 Å². The highest BCUT2D eigenvalue weighted by molar-refractivity contribution is 6.12. The van der Waals surface area contributed by atoms with E-state index in [1.54, 1.807) is 35.2 Å². The van der Waals surface area contributed by atoms with Crippen molar-refractivity contribution in [2.75, 3.05) is 0 Å². The number of carboxylic acids is 1. The fourth-order valence-electron chi connectivity index (χ4n) is 2.59. The maximum Gasteiger partial charge on any atom is 0.335 e. The van der Waals surface area contributed by atoms with Gasteiger partial charge in [0, 0.05) is 18.3 Å². The van der Waals surface area contributed by atoms with Crippen LogP contribution in [0.15, 0.2) is 36.0 Å². The van der Waals surface area contributed by atoms with E-state index in [0.29, 0.717) is 17.6 Å². The van der Waals surface area contributed by atoms with Gasteiger partial charge in [0.05, 0.1) is 17.3 Å². The lowest BCUT2D eigenvalue weighted by Crippen LogP contribution is -2.15. The first-order valence-electron chi connectivity index (χ1n) is 6.66. The lowest BCUT2D eigenvalue weighted by Gasteiger charge is -2.14. The topological polar surface area (TPSA) is 72.2 Å². The summed E-state index contributed by atoms with van der Waals surface area (Å²) >= 11 is 0. The molecule has 0 unspecified atom stereocenters. The Morgan fingerprint density at radius 1 is 1.38 bits per heavy atom. The first-order valence-corrected chi connectivity index (χ1v) is 6.66. The summed E-state index contributed by atoms with van der Waals surface area (Å²) in [5.74, 6) is -0.996. The van der Waals surface area contributed by atoms with Crippen LogP contribution < -0.4 is 0 Å². The number of rotatable bonds is 2. The van der Waals surface area contributed by atoms with E-state index in [4.69, 9.17) is 5.11 Å². The lowest BCUT2D eigenvalue weighted by atomic mass is 9.90. The van der Waals surface area contributed by atoms with Gasteiger partial charge < -0.3 is 5.11 Å². The highest BCUT2D eigenvalue weighted by Crippen LogP contribution is 2.26. The van der Waals surface area contributed by atoms with Gasteiger partial charge in [-0.3, -0.25) is 9.48 Å². The number of nitrogens with zero attached hydrogens (tertiary/aromatic N) is 2. The van der Waals surface area contributed by atoms with Gasteiger partial charge in [-0.2, -0.15) is 5.10 Å². The molecular weight excluding hydrogens is 268 g/mol. The maximum atomic E-state index is 12.4. The molecule has 1 N–H and O–H groups in total. The molecule has 5 nitrogen and oxygen atoms in total. The van der Waals surface area contributed by atoms with Crippen molar-refractivity contribution in [3.63, 3.8) is 0 Å². The van der Waals surface area contributed by atoms with E-state index in [0.717, 1.165) is 17.7 Å². The molecule has 5 heteroatoms. The summed E-state index contributed by atoms with van der Waals surface area (Å²) in [5.41, 5.74) is 3.24. The standard InChI is InChI=1S/C16H14N2O3/c1-18-14-6-5-11(15(19)13(14)9-17-18)7-10-3-2-4-12(8-10)16(20)21/h2-4,7-9H,5-6H2,1H3,(H,20,21)/b11-7+. The molecule has 0 bridgehead atoms. The van der Waals surface area contributed by atoms with Gasteiger partial charge in [-0.25, -0.2) is 4.79 Å². The molecule has 0 saturated heterocycles. The van der Waals surface area contributed by atoms with Crippen molar-refractivity contribution < 1.29 is 14.7 Å². The maximum absolute atomic E-state index is 12.4. The molecule has 1 aromatic carbocycles. The van der Waals surface area contributed by atoms with Crippen LogP contribution in [0.3, 0.4) is 0 Å². The number of benzene rings is 1. The van der Waals surface area contributed by atoms with Crippen LogP contribution >= 0.6 is 0 Å². The monoisotopic (exact) mass is 282 g/mol. The van der Waals surface area contributed by atoms with Crippen molar-refractivity contribution in [1.82, 2.24) is 9.78 Å². The quantitative estimate of drug-likeness (QED) is 0.858. The average Bonchev–Trinajstić information content (AvgIpc) is 2.84. The molecule has 1 aliphatic rings. The summed E-state index contributed by atoms with van der Waals surface area (Å²) in [6.45, 7) is 0. The number of carboxylic acid groups (broad SMARTS) is 1. The summed E-state index contributed by atoms with van der Waals surface area (Å²) in [7, 11) is 1.83. The van der Waals surface area contributed by atoms with Crippen LogP contribution in [0.4, 0.5) is 0 Å². The van der Waals surface area contributed by atoms with E-state index in [-0.39, 0.29) is 11.3 Å². The zero-order valence-electron chi connectivity index (χ0n) is 11.5. The summed E-state index contributed by atoms with van der Waals surface area (Å²) in [6, 6.07) is 6.58. The SMILES string of the molecule is Cn1ncc2c1CC/C(=C\c1cccc(C(=O)O)c1)C2=O. The van der Waals surface area contributed by atoms with E-state index < -0.39 is 5.97 Å². The number of carbonyl (C=O) groups excluding carboxylic acids is 1. The molecule has 2 aromatic rings. The summed E-state index contributed by atoms with van der Waals surface area (Å²) in [4.78, 5) is 23.4. The minimum Gasteiger partial charge on any atom is -0.478 e. The number of hydrogen-bond acceptors (Lipinski definition) is 3. The number of aromatic carboxylic acids is 1. The number of allylic oxidation sites excluding steroid dienone is 1. The number of ketones is 1. The van der Waals surface area contributed by atoms with E-state index in [9.17, 15) is 9.59 Å². The van der Waals surface area contributed by atoms with Crippen molar-refractivity contribution >= 4 is 17.8 Å². The zero-order chi connectivity index (χ0) is 15.0. The lowest BCUT2D eigenvalue weighted by molar-refractivity contribution is 0.0696. The van der Waals surface area contributed by atoms with E-state index in [2.05, 4.69) is 5.10 Å². The molecule has 1 heterocycles. The smallest absolute Gasteiger partial charge is 0.335 e. The van der Waals surface area contributed by atoms with Crippen LogP contribution in [-0.4, -0.2) is 26.6 Å². The third-order valence-corrected chi connectivity index (χ3v) is 3.70. The second-order valence-corrected chi connectivity index (χ2v) is 5.06. The molecular formula is C16H14N2O3.